The molecule has 1 fully saturated rings. The number of para-hydroxylation sites is 1. The number of anilines is 2. The molecule has 0 radical (unpaired) electrons. The minimum absolute atomic E-state index is 0. The Balaban J connectivity index is 0.00000171. The maximum atomic E-state index is 9.34. The average molecular weight is 688 g/mol. The smallest absolute Gasteiger partial charge is 0.129 e. The van der Waals surface area contributed by atoms with Gasteiger partial charge in [-0.1, -0.05) is 35.5 Å². The van der Waals surface area contributed by atoms with Crippen LogP contribution >= 0.6 is 23.4 Å². The fourth-order valence-corrected chi connectivity index (χ4v) is 5.77. The predicted molar refractivity (Wildman–Crippen MR) is 122 cm³/mol. The molecule has 4 rings (SSSR count). The molecule has 0 amide bonds. The van der Waals surface area contributed by atoms with Crippen molar-refractivity contribution in [1.82, 2.24) is 0 Å². The molecule has 1 N–H and O–H groups in total. The van der Waals surface area contributed by atoms with E-state index in [1.54, 1.807) is 0 Å². The third kappa shape index (κ3) is 6.42. The Morgan fingerprint density at radius 1 is 0.903 bits per heavy atom. The van der Waals surface area contributed by atoms with Crippen LogP contribution in [-0.4, -0.2) is 80.6 Å². The number of hydrogen-bond donors (Lipinski definition) is 1. The Hall–Kier alpha value is 0.220. The molecule has 2 aliphatic heterocycles. The molecule has 0 aliphatic carbocycles. The molecule has 0 bridgehead atoms. The van der Waals surface area contributed by atoms with Gasteiger partial charge in [-0.05, 0) is 30.3 Å². The molecule has 0 spiro atoms. The van der Waals surface area contributed by atoms with E-state index in [0.717, 1.165) is 46.6 Å². The zero-order valence-corrected chi connectivity index (χ0v) is 24.1. The standard InChI is InChI=1S/C23H32ClN3OS.2HI/c1-26(12-14-27(2,15-13-26)16-17-28)11-5-10-25-20-6-3-4-7-22(20)29-23-9-8-19(24)18-21(23)25;;/h3-4,6-9,18,28H,5,10-17H2,1-2H3;2*1H/q+2;;/p-2. The Morgan fingerprint density at radius 2 is 1.52 bits per heavy atom. The van der Waals surface area contributed by atoms with Crippen molar-refractivity contribution in [3.8, 4) is 0 Å². The molecule has 2 heterocycles. The van der Waals surface area contributed by atoms with Crippen LogP contribution in [0, 0.1) is 0 Å². The van der Waals surface area contributed by atoms with Gasteiger partial charge in [-0.2, -0.15) is 0 Å². The van der Waals surface area contributed by atoms with Gasteiger partial charge >= 0.3 is 0 Å². The fourth-order valence-electron chi connectivity index (χ4n) is 4.53. The van der Waals surface area contributed by atoms with Crippen molar-refractivity contribution in [1.29, 1.82) is 0 Å². The second kappa shape index (κ2) is 11.6. The van der Waals surface area contributed by atoms with Crippen LogP contribution in [0.15, 0.2) is 52.3 Å². The van der Waals surface area contributed by atoms with E-state index in [9.17, 15) is 5.11 Å². The van der Waals surface area contributed by atoms with Crippen molar-refractivity contribution in [2.75, 3.05) is 71.4 Å². The first-order valence-corrected chi connectivity index (χ1v) is 11.7. The summed E-state index contributed by atoms with van der Waals surface area (Å²) in [7, 11) is 4.68. The molecule has 31 heavy (non-hydrogen) atoms. The van der Waals surface area contributed by atoms with E-state index in [-0.39, 0.29) is 54.6 Å². The minimum atomic E-state index is 0. The second-order valence-corrected chi connectivity index (χ2v) is 10.5. The molecule has 1 saturated heterocycles. The summed E-state index contributed by atoms with van der Waals surface area (Å²) in [6.07, 6.45) is 1.14. The Morgan fingerprint density at radius 3 is 2.19 bits per heavy atom. The molecule has 172 valence electrons. The third-order valence-electron chi connectivity index (χ3n) is 6.67. The molecule has 2 aromatic carbocycles. The quantitative estimate of drug-likeness (QED) is 0.288. The second-order valence-electron chi connectivity index (χ2n) is 8.99. The number of benzene rings is 2. The zero-order valence-electron chi connectivity index (χ0n) is 18.2. The number of piperazine rings is 1. The van der Waals surface area contributed by atoms with Crippen LogP contribution in [-0.2, 0) is 0 Å². The highest BCUT2D eigenvalue weighted by Gasteiger charge is 2.36. The molecular formula is C23H32ClI2N3OS. The third-order valence-corrected chi connectivity index (χ3v) is 8.03. The van der Waals surface area contributed by atoms with Gasteiger partial charge in [0.05, 0.1) is 38.6 Å². The van der Waals surface area contributed by atoms with E-state index in [1.165, 1.54) is 40.8 Å². The fraction of sp³-hybridized carbons (Fsp3) is 0.478. The van der Waals surface area contributed by atoms with Gasteiger partial charge in [0, 0.05) is 27.8 Å². The van der Waals surface area contributed by atoms with Crippen molar-refractivity contribution >= 4 is 34.7 Å². The van der Waals surface area contributed by atoms with E-state index >= 15 is 0 Å². The largest absolute Gasteiger partial charge is 1.00 e. The van der Waals surface area contributed by atoms with Crippen molar-refractivity contribution in [2.45, 2.75) is 16.2 Å². The van der Waals surface area contributed by atoms with E-state index in [1.807, 2.05) is 17.8 Å². The summed E-state index contributed by atoms with van der Waals surface area (Å²) < 4.78 is 2.14. The molecule has 0 saturated carbocycles. The summed E-state index contributed by atoms with van der Waals surface area (Å²) >= 11 is 8.17. The topological polar surface area (TPSA) is 23.5 Å². The minimum Gasteiger partial charge on any atom is -1.00 e. The Bertz CT molecular complexity index is 878. The summed E-state index contributed by atoms with van der Waals surface area (Å²) in [5, 5.41) is 10.1. The zero-order chi connectivity index (χ0) is 20.5. The lowest BCUT2D eigenvalue weighted by Gasteiger charge is -2.46. The lowest BCUT2D eigenvalue weighted by molar-refractivity contribution is -1.02. The maximum absolute atomic E-state index is 9.34. The molecule has 0 atom stereocenters. The number of aliphatic hydroxyl groups is 1. The van der Waals surface area contributed by atoms with Crippen LogP contribution in [0.3, 0.4) is 0 Å². The number of aliphatic hydroxyl groups excluding tert-OH is 1. The summed E-state index contributed by atoms with van der Waals surface area (Å²) in [5.41, 5.74) is 2.52. The van der Waals surface area contributed by atoms with Gasteiger partial charge in [-0.3, -0.25) is 0 Å². The van der Waals surface area contributed by atoms with Crippen LogP contribution in [0.1, 0.15) is 6.42 Å². The molecule has 4 nitrogen and oxygen atoms in total. The van der Waals surface area contributed by atoms with Crippen molar-refractivity contribution in [2.24, 2.45) is 0 Å². The van der Waals surface area contributed by atoms with Crippen LogP contribution in [0.25, 0.3) is 0 Å². The first kappa shape index (κ1) is 27.5. The summed E-state index contributed by atoms with van der Waals surface area (Å²) in [6.45, 7) is 8.02. The number of quaternary nitrogens is 2. The van der Waals surface area contributed by atoms with Gasteiger partial charge in [-0.15, -0.1) is 0 Å². The number of hydrogen-bond acceptors (Lipinski definition) is 3. The summed E-state index contributed by atoms with van der Waals surface area (Å²) in [6, 6.07) is 14.9. The highest BCUT2D eigenvalue weighted by molar-refractivity contribution is 7.99. The lowest BCUT2D eigenvalue weighted by atomic mass is 10.1. The Kier molecular flexibility index (Phi) is 10.3. The number of fused-ring (bicyclic) bond motifs is 2. The van der Waals surface area contributed by atoms with Crippen LogP contribution in [0.2, 0.25) is 5.02 Å². The summed E-state index contributed by atoms with van der Waals surface area (Å²) in [4.78, 5) is 5.05. The van der Waals surface area contributed by atoms with E-state index < -0.39 is 0 Å². The molecular weight excluding hydrogens is 656 g/mol. The Labute approximate surface area is 230 Å². The van der Waals surface area contributed by atoms with Crippen molar-refractivity contribution in [3.05, 3.63) is 47.5 Å². The number of halogens is 3. The number of rotatable bonds is 6. The highest BCUT2D eigenvalue weighted by Crippen LogP contribution is 2.48. The van der Waals surface area contributed by atoms with E-state index in [4.69, 9.17) is 11.6 Å². The normalized spacial score (nSPS) is 24.5. The molecule has 0 aromatic heterocycles. The SMILES string of the molecule is C[N+]1(CCO)CC[N+](C)(CCCN2c3ccccc3Sc3ccc(Cl)cc32)CC1.[I-].[I-]. The monoisotopic (exact) mass is 687 g/mol. The van der Waals surface area contributed by atoms with Gasteiger partial charge in [0.15, 0.2) is 0 Å². The van der Waals surface area contributed by atoms with Crippen LogP contribution in [0.5, 0.6) is 0 Å². The first-order chi connectivity index (χ1) is 13.9. The van der Waals surface area contributed by atoms with Gasteiger partial charge in [0.2, 0.25) is 0 Å². The predicted octanol–water partition coefficient (Wildman–Crippen LogP) is -1.76. The lowest BCUT2D eigenvalue weighted by Crippen LogP contribution is -3.00. The number of nitrogens with zero attached hydrogens (tertiary/aromatic N) is 3. The first-order valence-electron chi connectivity index (χ1n) is 10.5. The molecule has 2 aromatic rings. The molecule has 2 aliphatic rings. The van der Waals surface area contributed by atoms with Gasteiger partial charge < -0.3 is 66.9 Å². The van der Waals surface area contributed by atoms with Gasteiger partial charge in [-0.25, -0.2) is 0 Å². The van der Waals surface area contributed by atoms with Crippen LogP contribution < -0.4 is 52.9 Å². The van der Waals surface area contributed by atoms with E-state index in [2.05, 4.69) is 55.4 Å². The van der Waals surface area contributed by atoms with Crippen LogP contribution in [0.4, 0.5) is 11.4 Å². The van der Waals surface area contributed by atoms with Crippen molar-refractivity contribution in [3.63, 3.8) is 0 Å². The van der Waals surface area contributed by atoms with Crippen molar-refractivity contribution < 1.29 is 62.0 Å². The number of likely N-dealkylation sites (N-methyl/N-ethyl adjacent to an activating group) is 2. The maximum Gasteiger partial charge on any atom is 0.129 e. The van der Waals surface area contributed by atoms with Gasteiger partial charge in [0.1, 0.15) is 32.7 Å². The molecule has 8 heteroatoms. The molecule has 0 unspecified atom stereocenters. The summed E-state index contributed by atoms with van der Waals surface area (Å²) in [5.74, 6) is 0. The highest BCUT2D eigenvalue weighted by atomic mass is 127. The van der Waals surface area contributed by atoms with E-state index in [0.29, 0.717) is 0 Å². The van der Waals surface area contributed by atoms with Gasteiger partial charge in [0.25, 0.3) is 0 Å². The average Bonchev–Trinajstić information content (AvgIpc) is 2.71.